The largest absolute Gasteiger partial charge is 0.336 e. The van der Waals surface area contributed by atoms with Gasteiger partial charge in [-0.25, -0.2) is 0 Å². The Bertz CT molecular complexity index is 746. The normalized spacial score (nSPS) is 15.5. The molecule has 2 aromatic rings. The summed E-state index contributed by atoms with van der Waals surface area (Å²) >= 11 is 15.6. The minimum absolute atomic E-state index is 0.0756. The molecule has 0 unspecified atom stereocenters. The van der Waals surface area contributed by atoms with Gasteiger partial charge in [0.25, 0.3) is 5.91 Å². The van der Waals surface area contributed by atoms with E-state index in [1.807, 2.05) is 41.3 Å². The molecule has 1 saturated heterocycles. The maximum absolute atomic E-state index is 12.6. The van der Waals surface area contributed by atoms with Crippen LogP contribution in [0.3, 0.4) is 0 Å². The Balaban J connectivity index is 1.60. The summed E-state index contributed by atoms with van der Waals surface area (Å²) in [4.78, 5) is 16.8. The lowest BCUT2D eigenvalue weighted by Gasteiger charge is -2.35. The Morgan fingerprint density at radius 3 is 2.42 bits per heavy atom. The molecule has 126 valence electrons. The molecule has 3 nitrogen and oxygen atoms in total. The van der Waals surface area contributed by atoms with Crippen molar-refractivity contribution in [2.45, 2.75) is 6.54 Å². The third-order valence-electron chi connectivity index (χ3n) is 4.17. The van der Waals surface area contributed by atoms with Gasteiger partial charge >= 0.3 is 0 Å². The molecular weight excluding hydrogens is 411 g/mol. The summed E-state index contributed by atoms with van der Waals surface area (Å²) in [6.07, 6.45) is 0. The minimum Gasteiger partial charge on any atom is -0.336 e. The van der Waals surface area contributed by atoms with Crippen molar-refractivity contribution < 1.29 is 4.79 Å². The number of hydrogen-bond donors (Lipinski definition) is 0. The van der Waals surface area contributed by atoms with E-state index in [0.717, 1.165) is 29.7 Å². The van der Waals surface area contributed by atoms with Crippen LogP contribution in [-0.2, 0) is 6.54 Å². The zero-order valence-corrected chi connectivity index (χ0v) is 16.1. The van der Waals surface area contributed by atoms with Crippen molar-refractivity contribution in [2.24, 2.45) is 0 Å². The van der Waals surface area contributed by atoms with Crippen molar-refractivity contribution in [3.05, 3.63) is 68.1 Å². The van der Waals surface area contributed by atoms with Gasteiger partial charge in [0.05, 0.1) is 5.56 Å². The van der Waals surface area contributed by atoms with Crippen molar-refractivity contribution in [3.8, 4) is 0 Å². The molecule has 2 aromatic carbocycles. The first kappa shape index (κ1) is 17.7. The molecule has 1 aliphatic heterocycles. The van der Waals surface area contributed by atoms with Gasteiger partial charge in [-0.1, -0.05) is 41.4 Å². The van der Waals surface area contributed by atoms with Crippen molar-refractivity contribution in [2.75, 3.05) is 26.2 Å². The Morgan fingerprint density at radius 2 is 1.75 bits per heavy atom. The lowest BCUT2D eigenvalue weighted by Crippen LogP contribution is -2.48. The molecule has 6 heteroatoms. The second-order valence-corrected chi connectivity index (χ2v) is 7.48. The third kappa shape index (κ3) is 4.12. The van der Waals surface area contributed by atoms with Gasteiger partial charge in [0, 0.05) is 47.2 Å². The third-order valence-corrected chi connectivity index (χ3v) is 5.45. The average molecular weight is 428 g/mol. The Labute approximate surface area is 160 Å². The van der Waals surface area contributed by atoms with Crippen LogP contribution in [-0.4, -0.2) is 41.9 Å². The zero-order chi connectivity index (χ0) is 17.1. The number of halogens is 3. The number of benzene rings is 2. The first-order valence-electron chi connectivity index (χ1n) is 7.74. The Morgan fingerprint density at radius 1 is 1.04 bits per heavy atom. The molecule has 0 spiro atoms. The highest BCUT2D eigenvalue weighted by Gasteiger charge is 2.23. The number of amides is 1. The van der Waals surface area contributed by atoms with E-state index < -0.39 is 0 Å². The summed E-state index contributed by atoms with van der Waals surface area (Å²) in [7, 11) is 0. The minimum atomic E-state index is 0.0756. The molecule has 0 aliphatic carbocycles. The first-order chi connectivity index (χ1) is 11.5. The summed E-state index contributed by atoms with van der Waals surface area (Å²) in [6.45, 7) is 3.86. The smallest absolute Gasteiger partial charge is 0.255 e. The van der Waals surface area contributed by atoms with Crippen LogP contribution in [0.15, 0.2) is 46.9 Å². The van der Waals surface area contributed by atoms with Crippen LogP contribution in [0.5, 0.6) is 0 Å². The second kappa shape index (κ2) is 7.87. The quantitative estimate of drug-likeness (QED) is 0.707. The number of carbonyl (C=O) groups is 1. The van der Waals surface area contributed by atoms with Crippen LogP contribution in [0.4, 0.5) is 0 Å². The number of rotatable bonds is 3. The van der Waals surface area contributed by atoms with Gasteiger partial charge in [0.2, 0.25) is 0 Å². The summed E-state index contributed by atoms with van der Waals surface area (Å²) in [5.41, 5.74) is 1.78. The predicted octanol–water partition coefficient (Wildman–Crippen LogP) is 4.71. The van der Waals surface area contributed by atoms with Crippen LogP contribution in [0, 0.1) is 0 Å². The Kier molecular flexibility index (Phi) is 5.82. The fourth-order valence-electron chi connectivity index (χ4n) is 2.80. The van der Waals surface area contributed by atoms with Crippen molar-refractivity contribution in [1.29, 1.82) is 0 Å². The fraction of sp³-hybridized carbons (Fsp3) is 0.278. The van der Waals surface area contributed by atoms with Gasteiger partial charge < -0.3 is 4.90 Å². The molecule has 1 heterocycles. The molecule has 3 rings (SSSR count). The number of nitrogens with zero attached hydrogens (tertiary/aromatic N) is 2. The van der Waals surface area contributed by atoms with Gasteiger partial charge in [-0.2, -0.15) is 0 Å². The number of hydrogen-bond acceptors (Lipinski definition) is 2. The highest BCUT2D eigenvalue weighted by molar-refractivity contribution is 9.10. The van der Waals surface area contributed by atoms with Gasteiger partial charge in [-0.05, 0) is 45.8 Å². The van der Waals surface area contributed by atoms with Crippen molar-refractivity contribution in [1.82, 2.24) is 9.80 Å². The number of carbonyl (C=O) groups excluding carboxylic acids is 1. The number of piperazine rings is 1. The van der Waals surface area contributed by atoms with E-state index in [2.05, 4.69) is 20.8 Å². The summed E-state index contributed by atoms with van der Waals surface area (Å²) in [6, 6.07) is 13.1. The zero-order valence-electron chi connectivity index (χ0n) is 13.0. The summed E-state index contributed by atoms with van der Waals surface area (Å²) in [5, 5.41) is 1.34. The Hall–Kier alpha value is -1.07. The molecule has 0 N–H and O–H groups in total. The van der Waals surface area contributed by atoms with E-state index in [4.69, 9.17) is 23.2 Å². The molecular formula is C18H17BrCl2N2O. The topological polar surface area (TPSA) is 23.6 Å². The predicted molar refractivity (Wildman–Crippen MR) is 102 cm³/mol. The molecule has 24 heavy (non-hydrogen) atoms. The van der Waals surface area contributed by atoms with E-state index in [9.17, 15) is 4.79 Å². The van der Waals surface area contributed by atoms with Gasteiger partial charge in [0.15, 0.2) is 0 Å². The molecule has 0 aromatic heterocycles. The first-order valence-corrected chi connectivity index (χ1v) is 9.29. The van der Waals surface area contributed by atoms with E-state index in [0.29, 0.717) is 28.7 Å². The van der Waals surface area contributed by atoms with Crippen molar-refractivity contribution >= 4 is 45.0 Å². The second-order valence-electron chi connectivity index (χ2n) is 5.78. The molecule has 1 amide bonds. The van der Waals surface area contributed by atoms with E-state index >= 15 is 0 Å². The average Bonchev–Trinajstić information content (AvgIpc) is 2.58. The monoisotopic (exact) mass is 426 g/mol. The van der Waals surface area contributed by atoms with Crippen molar-refractivity contribution in [3.63, 3.8) is 0 Å². The molecule has 0 radical (unpaired) electrons. The van der Waals surface area contributed by atoms with Gasteiger partial charge in [-0.15, -0.1) is 0 Å². The molecule has 0 atom stereocenters. The van der Waals surface area contributed by atoms with Crippen LogP contribution in [0.2, 0.25) is 10.0 Å². The SMILES string of the molecule is O=C(c1ccccc1Br)N1CCN(Cc2ccc(Cl)cc2Cl)CC1. The van der Waals surface area contributed by atoms with E-state index in [-0.39, 0.29) is 5.91 Å². The van der Waals surface area contributed by atoms with Crippen LogP contribution in [0.25, 0.3) is 0 Å². The molecule has 1 fully saturated rings. The van der Waals surface area contributed by atoms with E-state index in [1.165, 1.54) is 0 Å². The fourth-order valence-corrected chi connectivity index (χ4v) is 3.73. The summed E-state index contributed by atoms with van der Waals surface area (Å²) < 4.78 is 0.838. The lowest BCUT2D eigenvalue weighted by molar-refractivity contribution is 0.0627. The van der Waals surface area contributed by atoms with Crippen LogP contribution < -0.4 is 0 Å². The van der Waals surface area contributed by atoms with Crippen LogP contribution in [0.1, 0.15) is 15.9 Å². The lowest BCUT2D eigenvalue weighted by atomic mass is 10.1. The molecule has 0 bridgehead atoms. The summed E-state index contributed by atoms with van der Waals surface area (Å²) in [5.74, 6) is 0.0756. The van der Waals surface area contributed by atoms with Crippen LogP contribution >= 0.6 is 39.1 Å². The van der Waals surface area contributed by atoms with E-state index in [1.54, 1.807) is 6.07 Å². The maximum atomic E-state index is 12.6. The van der Waals surface area contributed by atoms with Gasteiger partial charge in [-0.3, -0.25) is 9.69 Å². The molecule has 0 saturated carbocycles. The highest BCUT2D eigenvalue weighted by atomic mass is 79.9. The maximum Gasteiger partial charge on any atom is 0.255 e. The van der Waals surface area contributed by atoms with Gasteiger partial charge in [0.1, 0.15) is 0 Å². The highest BCUT2D eigenvalue weighted by Crippen LogP contribution is 2.23. The molecule has 1 aliphatic rings. The standard InChI is InChI=1S/C18H17BrCl2N2O/c19-16-4-2-1-3-15(16)18(24)23-9-7-22(8-10-23)12-13-5-6-14(20)11-17(13)21/h1-6,11H,7-10,12H2.